The number of esters is 1. The van der Waals surface area contributed by atoms with Crippen LogP contribution in [0.4, 0.5) is 0 Å². The number of ether oxygens (including phenoxy) is 1. The highest BCUT2D eigenvalue weighted by molar-refractivity contribution is 5.69. The lowest BCUT2D eigenvalue weighted by Gasteiger charge is -2.11. The van der Waals surface area contributed by atoms with Crippen LogP contribution in [0.15, 0.2) is 0 Å². The third-order valence-corrected chi connectivity index (χ3v) is 4.52. The van der Waals surface area contributed by atoms with E-state index in [0.717, 1.165) is 24.7 Å². The van der Waals surface area contributed by atoms with Gasteiger partial charge in [0.15, 0.2) is 0 Å². The van der Waals surface area contributed by atoms with Gasteiger partial charge in [0.05, 0.1) is 6.61 Å². The van der Waals surface area contributed by atoms with Crippen LogP contribution in [0.2, 0.25) is 0 Å². The minimum atomic E-state index is -0.0156. The van der Waals surface area contributed by atoms with Gasteiger partial charge in [-0.25, -0.2) is 0 Å². The lowest BCUT2D eigenvalue weighted by Crippen LogP contribution is -2.04. The van der Waals surface area contributed by atoms with E-state index in [1.54, 1.807) is 0 Å². The van der Waals surface area contributed by atoms with Gasteiger partial charge in [-0.15, -0.1) is 0 Å². The van der Waals surface area contributed by atoms with Crippen molar-refractivity contribution in [3.63, 3.8) is 0 Å². The van der Waals surface area contributed by atoms with Crippen LogP contribution in [-0.2, 0) is 9.53 Å². The first-order valence-electron chi connectivity index (χ1n) is 10.2. The highest BCUT2D eigenvalue weighted by Crippen LogP contribution is 2.18. The first kappa shape index (κ1) is 22.5. The van der Waals surface area contributed by atoms with Gasteiger partial charge in [0.1, 0.15) is 0 Å². The molecule has 0 aliphatic heterocycles. The Bertz CT molecular complexity index is 261. The van der Waals surface area contributed by atoms with Crippen LogP contribution in [0, 0.1) is 11.8 Å². The van der Waals surface area contributed by atoms with Crippen LogP contribution in [0.25, 0.3) is 0 Å². The summed E-state index contributed by atoms with van der Waals surface area (Å²) in [5.74, 6) is 1.74. The number of unbranched alkanes of at least 4 members (excludes halogenated alkanes) is 6. The molecule has 0 aromatic heterocycles. The molecule has 0 rings (SSSR count). The average molecular weight is 327 g/mol. The van der Waals surface area contributed by atoms with E-state index in [1.165, 1.54) is 64.2 Å². The smallest absolute Gasteiger partial charge is 0.305 e. The van der Waals surface area contributed by atoms with Crippen LogP contribution < -0.4 is 0 Å². The molecule has 138 valence electrons. The number of carbonyl (C=O) groups excluding carboxylic acids is 1. The second-order valence-corrected chi connectivity index (χ2v) is 7.66. The molecule has 0 saturated heterocycles. The molecular formula is C21H42O2. The summed E-state index contributed by atoms with van der Waals surface area (Å²) in [4.78, 5) is 11.3. The minimum absolute atomic E-state index is 0.0156. The lowest BCUT2D eigenvalue weighted by molar-refractivity contribution is -0.143. The Morgan fingerprint density at radius 3 is 1.91 bits per heavy atom. The molecule has 0 spiro atoms. The standard InChI is InChI=1S/C21H42O2/c1-5-18-23-21(22)17-11-9-7-6-8-10-15-20(4)16-13-12-14-19(2)3/h19-20H,5-18H2,1-4H3. The summed E-state index contributed by atoms with van der Waals surface area (Å²) < 4.78 is 5.08. The number of rotatable bonds is 16. The number of hydrogen-bond acceptors (Lipinski definition) is 2. The Morgan fingerprint density at radius 2 is 1.30 bits per heavy atom. The summed E-state index contributed by atoms with van der Waals surface area (Å²) >= 11 is 0. The van der Waals surface area contributed by atoms with Gasteiger partial charge in [-0.1, -0.05) is 91.9 Å². The van der Waals surface area contributed by atoms with E-state index in [4.69, 9.17) is 4.74 Å². The fourth-order valence-electron chi connectivity index (χ4n) is 2.95. The zero-order chi connectivity index (χ0) is 17.3. The molecule has 1 atom stereocenters. The fourth-order valence-corrected chi connectivity index (χ4v) is 2.95. The van der Waals surface area contributed by atoms with Crippen molar-refractivity contribution < 1.29 is 9.53 Å². The Kier molecular flexibility index (Phi) is 16.0. The van der Waals surface area contributed by atoms with Crippen molar-refractivity contribution in [3.05, 3.63) is 0 Å². The van der Waals surface area contributed by atoms with Gasteiger partial charge in [-0.3, -0.25) is 4.79 Å². The molecule has 23 heavy (non-hydrogen) atoms. The topological polar surface area (TPSA) is 26.3 Å². The molecule has 0 aliphatic carbocycles. The molecule has 0 fully saturated rings. The van der Waals surface area contributed by atoms with Crippen LogP contribution in [0.5, 0.6) is 0 Å². The minimum Gasteiger partial charge on any atom is -0.466 e. The summed E-state index contributed by atoms with van der Waals surface area (Å²) in [7, 11) is 0. The van der Waals surface area contributed by atoms with Gasteiger partial charge in [0.25, 0.3) is 0 Å². The van der Waals surface area contributed by atoms with Gasteiger partial charge in [0, 0.05) is 6.42 Å². The maximum atomic E-state index is 11.3. The zero-order valence-electron chi connectivity index (χ0n) is 16.4. The predicted octanol–water partition coefficient (Wildman–Crippen LogP) is 6.91. The second-order valence-electron chi connectivity index (χ2n) is 7.66. The number of hydrogen-bond donors (Lipinski definition) is 0. The summed E-state index contributed by atoms with van der Waals surface area (Å²) in [6.07, 6.45) is 16.0. The van der Waals surface area contributed by atoms with Gasteiger partial charge in [-0.2, -0.15) is 0 Å². The normalized spacial score (nSPS) is 12.6. The Balaban J connectivity index is 3.24. The zero-order valence-corrected chi connectivity index (χ0v) is 16.4. The summed E-state index contributed by atoms with van der Waals surface area (Å²) in [5.41, 5.74) is 0. The van der Waals surface area contributed by atoms with E-state index in [0.29, 0.717) is 13.0 Å². The third-order valence-electron chi connectivity index (χ3n) is 4.52. The molecule has 0 N–H and O–H groups in total. The van der Waals surface area contributed by atoms with Gasteiger partial charge >= 0.3 is 5.97 Å². The van der Waals surface area contributed by atoms with Gasteiger partial charge < -0.3 is 4.74 Å². The van der Waals surface area contributed by atoms with E-state index >= 15 is 0 Å². The SMILES string of the molecule is CCCOC(=O)CCCCCCCCC(C)CCCCC(C)C. The first-order valence-corrected chi connectivity index (χ1v) is 10.2. The quantitative estimate of drug-likeness (QED) is 0.227. The molecule has 2 nitrogen and oxygen atoms in total. The van der Waals surface area contributed by atoms with Crippen molar-refractivity contribution in [2.45, 2.75) is 111 Å². The average Bonchev–Trinajstić information content (AvgIpc) is 2.51. The van der Waals surface area contributed by atoms with Crippen molar-refractivity contribution in [1.29, 1.82) is 0 Å². The highest BCUT2D eigenvalue weighted by Gasteiger charge is 2.04. The molecule has 0 bridgehead atoms. The van der Waals surface area contributed by atoms with Crippen LogP contribution in [0.3, 0.4) is 0 Å². The van der Waals surface area contributed by atoms with E-state index in [9.17, 15) is 4.79 Å². The van der Waals surface area contributed by atoms with Crippen molar-refractivity contribution in [2.75, 3.05) is 6.61 Å². The molecule has 0 saturated carbocycles. The van der Waals surface area contributed by atoms with E-state index in [-0.39, 0.29) is 5.97 Å². The molecule has 2 heteroatoms. The van der Waals surface area contributed by atoms with Gasteiger partial charge in [-0.05, 0) is 24.7 Å². The Morgan fingerprint density at radius 1 is 0.783 bits per heavy atom. The van der Waals surface area contributed by atoms with Crippen LogP contribution in [-0.4, -0.2) is 12.6 Å². The maximum Gasteiger partial charge on any atom is 0.305 e. The predicted molar refractivity (Wildman–Crippen MR) is 101 cm³/mol. The Labute approximate surface area is 145 Å². The van der Waals surface area contributed by atoms with E-state index in [1.807, 2.05) is 6.92 Å². The molecule has 1 unspecified atom stereocenters. The summed E-state index contributed by atoms with van der Waals surface area (Å²) in [6, 6.07) is 0. The Hall–Kier alpha value is -0.530. The van der Waals surface area contributed by atoms with Crippen molar-refractivity contribution >= 4 is 5.97 Å². The molecule has 0 aromatic rings. The lowest BCUT2D eigenvalue weighted by atomic mass is 9.95. The first-order chi connectivity index (χ1) is 11.1. The molecular weight excluding hydrogens is 284 g/mol. The van der Waals surface area contributed by atoms with E-state index in [2.05, 4.69) is 20.8 Å². The number of carbonyl (C=O) groups is 1. The molecule has 0 radical (unpaired) electrons. The molecule has 0 aromatic carbocycles. The molecule has 0 aliphatic rings. The maximum absolute atomic E-state index is 11.3. The van der Waals surface area contributed by atoms with Crippen molar-refractivity contribution in [3.8, 4) is 0 Å². The van der Waals surface area contributed by atoms with Crippen LogP contribution >= 0.6 is 0 Å². The highest BCUT2D eigenvalue weighted by atomic mass is 16.5. The van der Waals surface area contributed by atoms with Crippen molar-refractivity contribution in [1.82, 2.24) is 0 Å². The summed E-state index contributed by atoms with van der Waals surface area (Å²) in [5, 5.41) is 0. The summed E-state index contributed by atoms with van der Waals surface area (Å²) in [6.45, 7) is 9.65. The third kappa shape index (κ3) is 17.7. The molecule has 0 amide bonds. The van der Waals surface area contributed by atoms with Crippen LogP contribution in [0.1, 0.15) is 111 Å². The molecule has 0 heterocycles. The van der Waals surface area contributed by atoms with Crippen molar-refractivity contribution in [2.24, 2.45) is 11.8 Å². The second kappa shape index (κ2) is 16.3. The fraction of sp³-hybridized carbons (Fsp3) is 0.952. The largest absolute Gasteiger partial charge is 0.466 e. The monoisotopic (exact) mass is 326 g/mol. The van der Waals surface area contributed by atoms with E-state index < -0.39 is 0 Å². The van der Waals surface area contributed by atoms with Gasteiger partial charge in [0.2, 0.25) is 0 Å².